The third-order valence-corrected chi connectivity index (χ3v) is 6.09. The number of amides is 3. The van der Waals surface area contributed by atoms with Gasteiger partial charge in [0.15, 0.2) is 0 Å². The Morgan fingerprint density at radius 3 is 2.29 bits per heavy atom. The second-order valence-corrected chi connectivity index (χ2v) is 8.43. The Labute approximate surface area is 185 Å². The van der Waals surface area contributed by atoms with Gasteiger partial charge in [-0.15, -0.1) is 0 Å². The average Bonchev–Trinajstić information content (AvgIpc) is 2.80. The van der Waals surface area contributed by atoms with E-state index in [1.54, 1.807) is 31.1 Å². The van der Waals surface area contributed by atoms with Crippen LogP contribution in [0.2, 0.25) is 0 Å². The standard InChI is InChI=1S/C25H34N4O2/c1-26-24(30)20-15-13-19(14-16-20)17-29(3)25(31)27-23-12-8-7-9-21(23)18-28(2)22-10-5-4-6-11-22/h7-9,12-16,22H,4-6,10-11,17-18H2,1-3H3,(H,26,30)(H,27,31). The number of hydrogen-bond donors (Lipinski definition) is 2. The van der Waals surface area contributed by atoms with Crippen LogP contribution in [0, 0.1) is 0 Å². The van der Waals surface area contributed by atoms with Crippen molar-refractivity contribution in [1.29, 1.82) is 0 Å². The lowest BCUT2D eigenvalue weighted by molar-refractivity contribution is 0.0963. The van der Waals surface area contributed by atoms with Gasteiger partial charge in [-0.25, -0.2) is 4.79 Å². The molecule has 0 unspecified atom stereocenters. The SMILES string of the molecule is CNC(=O)c1ccc(CN(C)C(=O)Nc2ccccc2CN(C)C2CCCCC2)cc1. The van der Waals surface area contributed by atoms with E-state index in [0.29, 0.717) is 18.2 Å². The van der Waals surface area contributed by atoms with Gasteiger partial charge in [0.2, 0.25) is 0 Å². The smallest absolute Gasteiger partial charge is 0.321 e. The van der Waals surface area contributed by atoms with Crippen molar-refractivity contribution in [2.45, 2.75) is 51.2 Å². The van der Waals surface area contributed by atoms with Crippen LogP contribution in [0.5, 0.6) is 0 Å². The van der Waals surface area contributed by atoms with Crippen LogP contribution in [-0.4, -0.2) is 48.9 Å². The van der Waals surface area contributed by atoms with Crippen molar-refractivity contribution in [1.82, 2.24) is 15.1 Å². The zero-order valence-corrected chi connectivity index (χ0v) is 18.9. The Morgan fingerprint density at radius 2 is 1.61 bits per heavy atom. The quantitative estimate of drug-likeness (QED) is 0.692. The predicted octanol–water partition coefficient (Wildman–Crippen LogP) is 4.47. The van der Waals surface area contributed by atoms with Gasteiger partial charge < -0.3 is 15.5 Å². The van der Waals surface area contributed by atoms with E-state index < -0.39 is 0 Å². The van der Waals surface area contributed by atoms with Gasteiger partial charge in [0.1, 0.15) is 0 Å². The summed E-state index contributed by atoms with van der Waals surface area (Å²) in [6.45, 7) is 1.29. The number of nitrogens with zero attached hydrogens (tertiary/aromatic N) is 2. The molecule has 2 aromatic carbocycles. The maximum atomic E-state index is 12.8. The molecule has 2 aromatic rings. The van der Waals surface area contributed by atoms with Crippen LogP contribution in [0.3, 0.4) is 0 Å². The van der Waals surface area contributed by atoms with Gasteiger partial charge in [-0.3, -0.25) is 9.69 Å². The Kier molecular flexibility index (Phi) is 8.06. The van der Waals surface area contributed by atoms with Gasteiger partial charge in [0.25, 0.3) is 5.91 Å². The predicted molar refractivity (Wildman–Crippen MR) is 125 cm³/mol. The van der Waals surface area contributed by atoms with Crippen LogP contribution in [0.4, 0.5) is 10.5 Å². The molecule has 0 saturated heterocycles. The molecule has 6 heteroatoms. The van der Waals surface area contributed by atoms with Gasteiger partial charge in [0, 0.05) is 44.5 Å². The zero-order chi connectivity index (χ0) is 22.2. The summed E-state index contributed by atoms with van der Waals surface area (Å²) in [5.74, 6) is -0.118. The summed E-state index contributed by atoms with van der Waals surface area (Å²) in [6, 6.07) is 15.8. The number of para-hydroxylation sites is 1. The zero-order valence-electron chi connectivity index (χ0n) is 18.9. The van der Waals surface area contributed by atoms with Crippen LogP contribution in [-0.2, 0) is 13.1 Å². The van der Waals surface area contributed by atoms with Crippen molar-refractivity contribution in [2.24, 2.45) is 0 Å². The van der Waals surface area contributed by atoms with E-state index in [1.165, 1.54) is 32.1 Å². The van der Waals surface area contributed by atoms with Gasteiger partial charge >= 0.3 is 6.03 Å². The van der Waals surface area contributed by atoms with Gasteiger partial charge in [0.05, 0.1) is 0 Å². The molecule has 0 atom stereocenters. The number of carbonyl (C=O) groups excluding carboxylic acids is 2. The summed E-state index contributed by atoms with van der Waals surface area (Å²) >= 11 is 0. The second-order valence-electron chi connectivity index (χ2n) is 8.43. The van der Waals surface area contributed by atoms with Crippen molar-refractivity contribution in [3.8, 4) is 0 Å². The van der Waals surface area contributed by atoms with Crippen molar-refractivity contribution >= 4 is 17.6 Å². The maximum Gasteiger partial charge on any atom is 0.321 e. The highest BCUT2D eigenvalue weighted by Crippen LogP contribution is 2.25. The Balaban J connectivity index is 1.60. The molecule has 2 N–H and O–H groups in total. The van der Waals surface area contributed by atoms with Gasteiger partial charge in [-0.2, -0.15) is 0 Å². The van der Waals surface area contributed by atoms with E-state index in [1.807, 2.05) is 30.3 Å². The highest BCUT2D eigenvalue weighted by Gasteiger charge is 2.19. The number of rotatable bonds is 7. The molecule has 1 saturated carbocycles. The molecule has 3 rings (SSSR count). The minimum Gasteiger partial charge on any atom is -0.355 e. The third kappa shape index (κ3) is 6.31. The molecular weight excluding hydrogens is 388 g/mol. The summed E-state index contributed by atoms with van der Waals surface area (Å²) in [4.78, 5) is 28.6. The molecule has 0 aromatic heterocycles. The molecular formula is C25H34N4O2. The number of anilines is 1. The van der Waals surface area contributed by atoms with E-state index in [0.717, 1.165) is 23.4 Å². The van der Waals surface area contributed by atoms with E-state index in [9.17, 15) is 9.59 Å². The van der Waals surface area contributed by atoms with Crippen molar-refractivity contribution in [3.05, 3.63) is 65.2 Å². The Bertz CT molecular complexity index is 875. The number of hydrogen-bond acceptors (Lipinski definition) is 3. The van der Waals surface area contributed by atoms with Crippen molar-refractivity contribution < 1.29 is 9.59 Å². The number of urea groups is 1. The lowest BCUT2D eigenvalue weighted by Crippen LogP contribution is -2.34. The Morgan fingerprint density at radius 1 is 0.935 bits per heavy atom. The fourth-order valence-corrected chi connectivity index (χ4v) is 4.16. The van der Waals surface area contributed by atoms with Gasteiger partial charge in [-0.1, -0.05) is 49.6 Å². The van der Waals surface area contributed by atoms with E-state index in [4.69, 9.17) is 0 Å². The van der Waals surface area contributed by atoms with E-state index in [-0.39, 0.29) is 11.9 Å². The lowest BCUT2D eigenvalue weighted by atomic mass is 9.94. The number of nitrogens with one attached hydrogen (secondary N) is 2. The van der Waals surface area contributed by atoms with Gasteiger partial charge in [-0.05, 0) is 49.2 Å². The molecule has 0 radical (unpaired) electrons. The van der Waals surface area contributed by atoms with E-state index >= 15 is 0 Å². The lowest BCUT2D eigenvalue weighted by Gasteiger charge is -2.31. The molecule has 1 aliphatic carbocycles. The normalized spacial score (nSPS) is 14.3. The first-order chi connectivity index (χ1) is 15.0. The molecule has 0 spiro atoms. The van der Waals surface area contributed by atoms with Crippen molar-refractivity contribution in [3.63, 3.8) is 0 Å². The van der Waals surface area contributed by atoms with Crippen molar-refractivity contribution in [2.75, 3.05) is 26.5 Å². The maximum absolute atomic E-state index is 12.8. The summed E-state index contributed by atoms with van der Waals surface area (Å²) < 4.78 is 0. The molecule has 3 amide bonds. The highest BCUT2D eigenvalue weighted by atomic mass is 16.2. The second kappa shape index (κ2) is 11.0. The molecule has 0 aliphatic heterocycles. The molecule has 0 heterocycles. The van der Waals surface area contributed by atoms with E-state index in [2.05, 4.69) is 28.6 Å². The molecule has 6 nitrogen and oxygen atoms in total. The molecule has 0 bridgehead atoms. The summed E-state index contributed by atoms with van der Waals surface area (Å²) in [7, 11) is 5.57. The first-order valence-electron chi connectivity index (χ1n) is 11.1. The van der Waals surface area contributed by atoms with Crippen LogP contribution < -0.4 is 10.6 Å². The first kappa shape index (κ1) is 22.8. The number of benzene rings is 2. The van der Waals surface area contributed by atoms with Crippen LogP contribution >= 0.6 is 0 Å². The fourth-order valence-electron chi connectivity index (χ4n) is 4.16. The third-order valence-electron chi connectivity index (χ3n) is 6.09. The topological polar surface area (TPSA) is 64.7 Å². The van der Waals surface area contributed by atoms with Crippen LogP contribution in [0.1, 0.15) is 53.6 Å². The fraction of sp³-hybridized carbons (Fsp3) is 0.440. The Hall–Kier alpha value is -2.86. The molecule has 166 valence electrons. The first-order valence-corrected chi connectivity index (χ1v) is 11.1. The average molecular weight is 423 g/mol. The summed E-state index contributed by atoms with van der Waals surface area (Å²) in [5.41, 5.74) is 3.56. The number of carbonyl (C=O) groups is 2. The van der Waals surface area contributed by atoms with Crippen LogP contribution in [0.15, 0.2) is 48.5 Å². The monoisotopic (exact) mass is 422 g/mol. The minimum atomic E-state index is -0.150. The minimum absolute atomic E-state index is 0.118. The largest absolute Gasteiger partial charge is 0.355 e. The van der Waals surface area contributed by atoms with Crippen LogP contribution in [0.25, 0.3) is 0 Å². The molecule has 31 heavy (non-hydrogen) atoms. The molecule has 1 aliphatic rings. The summed E-state index contributed by atoms with van der Waals surface area (Å²) in [5, 5.41) is 5.68. The molecule has 1 fully saturated rings. The highest BCUT2D eigenvalue weighted by molar-refractivity contribution is 5.94. The summed E-state index contributed by atoms with van der Waals surface area (Å²) in [6.07, 6.45) is 6.47.